The molecule has 0 unspecified atom stereocenters. The summed E-state index contributed by atoms with van der Waals surface area (Å²) in [6.07, 6.45) is 1.25. The van der Waals surface area contributed by atoms with Gasteiger partial charge in [-0.05, 0) is 55.7 Å². The van der Waals surface area contributed by atoms with Gasteiger partial charge in [0.1, 0.15) is 12.2 Å². The molecule has 2 heterocycles. The van der Waals surface area contributed by atoms with Crippen LogP contribution in [0.2, 0.25) is 0 Å². The van der Waals surface area contributed by atoms with E-state index in [0.29, 0.717) is 35.4 Å². The standard InChI is InChI=1S/C23H21NO5/c1-14-10-18-16(12-22(26)29-20(18)11-15(14)2)13-28-23(27)17-6-3-4-7-19(17)24-9-5-8-21(24)25/h3-4,6-7,10-12H,5,8-9,13H2,1-2H3. The zero-order chi connectivity index (χ0) is 20.5. The highest BCUT2D eigenvalue weighted by Gasteiger charge is 2.26. The highest BCUT2D eigenvalue weighted by molar-refractivity contribution is 6.03. The molecule has 1 aliphatic rings. The highest BCUT2D eigenvalue weighted by Crippen LogP contribution is 2.27. The van der Waals surface area contributed by atoms with Gasteiger partial charge in [-0.15, -0.1) is 0 Å². The van der Waals surface area contributed by atoms with E-state index in [1.54, 1.807) is 29.2 Å². The number of para-hydroxylation sites is 1. The number of rotatable bonds is 4. The van der Waals surface area contributed by atoms with Crippen molar-refractivity contribution in [1.82, 2.24) is 0 Å². The predicted octanol–water partition coefficient (Wildman–Crippen LogP) is 3.89. The Hall–Kier alpha value is -3.41. The number of hydrogen-bond donors (Lipinski definition) is 0. The lowest BCUT2D eigenvalue weighted by Gasteiger charge is -2.19. The van der Waals surface area contributed by atoms with Crippen LogP contribution in [0, 0.1) is 13.8 Å². The number of hydrogen-bond acceptors (Lipinski definition) is 5. The zero-order valence-electron chi connectivity index (χ0n) is 16.4. The third-order valence-electron chi connectivity index (χ3n) is 5.29. The van der Waals surface area contributed by atoms with Crippen molar-refractivity contribution in [3.63, 3.8) is 0 Å². The molecule has 1 aliphatic heterocycles. The molecule has 1 saturated heterocycles. The van der Waals surface area contributed by atoms with Crippen LogP contribution in [-0.4, -0.2) is 18.4 Å². The number of ether oxygens (including phenoxy) is 1. The molecule has 0 bridgehead atoms. The van der Waals surface area contributed by atoms with E-state index in [2.05, 4.69) is 0 Å². The Kier molecular flexibility index (Phi) is 4.92. The van der Waals surface area contributed by atoms with Gasteiger partial charge in [-0.3, -0.25) is 4.79 Å². The lowest BCUT2D eigenvalue weighted by molar-refractivity contribution is -0.117. The quantitative estimate of drug-likeness (QED) is 0.498. The Morgan fingerprint density at radius 3 is 2.62 bits per heavy atom. The Labute approximate surface area is 167 Å². The Morgan fingerprint density at radius 2 is 1.86 bits per heavy atom. The van der Waals surface area contributed by atoms with E-state index >= 15 is 0 Å². The molecule has 0 saturated carbocycles. The second-order valence-electron chi connectivity index (χ2n) is 7.27. The van der Waals surface area contributed by atoms with E-state index in [9.17, 15) is 14.4 Å². The summed E-state index contributed by atoms with van der Waals surface area (Å²) in [6.45, 7) is 4.44. The van der Waals surface area contributed by atoms with E-state index in [-0.39, 0.29) is 12.5 Å². The van der Waals surface area contributed by atoms with Crippen molar-refractivity contribution in [1.29, 1.82) is 0 Å². The molecule has 0 radical (unpaired) electrons. The topological polar surface area (TPSA) is 76.8 Å². The fourth-order valence-electron chi connectivity index (χ4n) is 3.61. The first-order chi connectivity index (χ1) is 13.9. The van der Waals surface area contributed by atoms with E-state index in [1.165, 1.54) is 6.07 Å². The smallest absolute Gasteiger partial charge is 0.340 e. The first-order valence-electron chi connectivity index (χ1n) is 9.54. The molecule has 148 valence electrons. The Bertz CT molecular complexity index is 1180. The minimum atomic E-state index is -0.537. The molecule has 6 nitrogen and oxygen atoms in total. The van der Waals surface area contributed by atoms with Crippen molar-refractivity contribution < 1.29 is 18.7 Å². The molecule has 0 atom stereocenters. The maximum absolute atomic E-state index is 12.8. The third-order valence-corrected chi connectivity index (χ3v) is 5.29. The number of benzene rings is 2. The van der Waals surface area contributed by atoms with Crippen molar-refractivity contribution in [2.75, 3.05) is 11.4 Å². The molecule has 2 aromatic carbocycles. The monoisotopic (exact) mass is 391 g/mol. The van der Waals surface area contributed by atoms with Crippen molar-refractivity contribution >= 4 is 28.5 Å². The van der Waals surface area contributed by atoms with Crippen LogP contribution < -0.4 is 10.5 Å². The second-order valence-corrected chi connectivity index (χ2v) is 7.27. The van der Waals surface area contributed by atoms with E-state index in [1.807, 2.05) is 26.0 Å². The molecule has 0 aliphatic carbocycles. The summed E-state index contributed by atoms with van der Waals surface area (Å²) in [6, 6.07) is 12.0. The molecule has 0 N–H and O–H groups in total. The van der Waals surface area contributed by atoms with Crippen molar-refractivity contribution in [2.45, 2.75) is 33.3 Å². The molecule has 1 amide bonds. The molecule has 29 heavy (non-hydrogen) atoms. The summed E-state index contributed by atoms with van der Waals surface area (Å²) >= 11 is 0. The van der Waals surface area contributed by atoms with Crippen molar-refractivity contribution in [3.8, 4) is 0 Å². The van der Waals surface area contributed by atoms with Gasteiger partial charge in [-0.25, -0.2) is 9.59 Å². The summed E-state index contributed by atoms with van der Waals surface area (Å²) in [7, 11) is 0. The number of amides is 1. The van der Waals surface area contributed by atoms with E-state index in [0.717, 1.165) is 22.9 Å². The average molecular weight is 391 g/mol. The van der Waals surface area contributed by atoms with Crippen LogP contribution in [0.25, 0.3) is 11.0 Å². The second kappa shape index (κ2) is 7.54. The van der Waals surface area contributed by atoms with Crippen LogP contribution in [0.4, 0.5) is 5.69 Å². The van der Waals surface area contributed by atoms with Crippen LogP contribution in [0.3, 0.4) is 0 Å². The minimum Gasteiger partial charge on any atom is -0.457 e. The number of fused-ring (bicyclic) bond motifs is 1. The normalized spacial score (nSPS) is 13.9. The molecule has 4 rings (SSSR count). The predicted molar refractivity (Wildman–Crippen MR) is 109 cm³/mol. The summed E-state index contributed by atoms with van der Waals surface area (Å²) in [5, 5.41) is 0.739. The number of carbonyl (C=O) groups is 2. The lowest BCUT2D eigenvalue weighted by atomic mass is 10.0. The third kappa shape index (κ3) is 3.66. The average Bonchev–Trinajstić information content (AvgIpc) is 3.13. The molecule has 1 aromatic heterocycles. The van der Waals surface area contributed by atoms with Gasteiger partial charge in [0.25, 0.3) is 0 Å². The van der Waals surface area contributed by atoms with E-state index in [4.69, 9.17) is 9.15 Å². The van der Waals surface area contributed by atoms with Gasteiger partial charge in [0.15, 0.2) is 0 Å². The van der Waals surface area contributed by atoms with Crippen LogP contribution in [0.1, 0.15) is 39.9 Å². The zero-order valence-corrected chi connectivity index (χ0v) is 16.4. The minimum absolute atomic E-state index is 0.00255. The molecule has 3 aromatic rings. The maximum Gasteiger partial charge on any atom is 0.340 e. The molecule has 1 fully saturated rings. The first-order valence-corrected chi connectivity index (χ1v) is 9.54. The van der Waals surface area contributed by atoms with Crippen LogP contribution in [0.15, 0.2) is 51.7 Å². The number of carbonyl (C=O) groups excluding carboxylic acids is 2. The maximum atomic E-state index is 12.8. The number of nitrogens with zero attached hydrogens (tertiary/aromatic N) is 1. The van der Waals surface area contributed by atoms with Gasteiger partial charge >= 0.3 is 11.6 Å². The summed E-state index contributed by atoms with van der Waals surface area (Å²) in [5.74, 6) is -0.534. The summed E-state index contributed by atoms with van der Waals surface area (Å²) in [4.78, 5) is 38.4. The fraction of sp³-hybridized carbons (Fsp3) is 0.261. The Morgan fingerprint density at radius 1 is 1.10 bits per heavy atom. The fourth-order valence-corrected chi connectivity index (χ4v) is 3.61. The number of anilines is 1. The number of esters is 1. The van der Waals surface area contributed by atoms with Gasteiger partial charge in [0.05, 0.1) is 11.3 Å². The summed E-state index contributed by atoms with van der Waals surface area (Å²) < 4.78 is 10.8. The summed E-state index contributed by atoms with van der Waals surface area (Å²) in [5.41, 5.74) is 3.52. The van der Waals surface area contributed by atoms with Crippen LogP contribution in [-0.2, 0) is 16.1 Å². The SMILES string of the molecule is Cc1cc2oc(=O)cc(COC(=O)c3ccccc3N3CCCC3=O)c2cc1C. The first kappa shape index (κ1) is 18.9. The highest BCUT2D eigenvalue weighted by atomic mass is 16.5. The van der Waals surface area contributed by atoms with E-state index < -0.39 is 11.6 Å². The van der Waals surface area contributed by atoms with Gasteiger partial charge < -0.3 is 14.1 Å². The lowest BCUT2D eigenvalue weighted by Crippen LogP contribution is -2.26. The molecular formula is C23H21NO5. The largest absolute Gasteiger partial charge is 0.457 e. The molecule has 6 heteroatoms. The Balaban J connectivity index is 1.62. The molecular weight excluding hydrogens is 370 g/mol. The van der Waals surface area contributed by atoms with Gasteiger partial charge in [-0.1, -0.05) is 12.1 Å². The van der Waals surface area contributed by atoms with Gasteiger partial charge in [-0.2, -0.15) is 0 Å². The van der Waals surface area contributed by atoms with Gasteiger partial charge in [0.2, 0.25) is 5.91 Å². The van der Waals surface area contributed by atoms with Crippen LogP contribution in [0.5, 0.6) is 0 Å². The number of aryl methyl sites for hydroxylation is 2. The molecule has 0 spiro atoms. The van der Waals surface area contributed by atoms with Crippen LogP contribution >= 0.6 is 0 Å². The van der Waals surface area contributed by atoms with Crippen molar-refractivity contribution in [3.05, 3.63) is 75.1 Å². The van der Waals surface area contributed by atoms with Gasteiger partial charge in [0, 0.05) is 30.0 Å². The van der Waals surface area contributed by atoms with Crippen molar-refractivity contribution in [2.24, 2.45) is 0 Å².